The predicted molar refractivity (Wildman–Crippen MR) is 125 cm³/mol. The van der Waals surface area contributed by atoms with E-state index < -0.39 is 12.1 Å². The molecule has 1 N–H and O–H groups in total. The minimum Gasteiger partial charge on any atom is -0.486 e. The number of carbonyl (C=O) groups is 2. The topological polar surface area (TPSA) is 82.1 Å². The second-order valence-corrected chi connectivity index (χ2v) is 8.78. The van der Waals surface area contributed by atoms with Gasteiger partial charge in [-0.2, -0.15) is 0 Å². The highest BCUT2D eigenvalue weighted by molar-refractivity contribution is 5.87. The first-order valence-corrected chi connectivity index (χ1v) is 11.7. The van der Waals surface area contributed by atoms with Crippen LogP contribution in [0.15, 0.2) is 60.7 Å². The zero-order chi connectivity index (χ0) is 24.5. The number of ether oxygens (including phenoxy) is 3. The summed E-state index contributed by atoms with van der Waals surface area (Å²) < 4.78 is 32.0. The molecule has 6 nitrogen and oxygen atoms in total. The summed E-state index contributed by atoms with van der Waals surface area (Å²) in [7, 11) is 0. The molecule has 5 rings (SSSR count). The van der Waals surface area contributed by atoms with Crippen LogP contribution in [0.2, 0.25) is 0 Å². The van der Waals surface area contributed by atoms with Crippen LogP contribution in [0.1, 0.15) is 58.8 Å². The van der Waals surface area contributed by atoms with Gasteiger partial charge in [0.25, 0.3) is 0 Å². The maximum atomic E-state index is 14.8. The normalized spacial score (nSPS) is 20.1. The van der Waals surface area contributed by atoms with Crippen LogP contribution in [0.3, 0.4) is 0 Å². The number of carboxylic acid groups (broad SMARTS) is 1. The second-order valence-electron chi connectivity index (χ2n) is 8.78. The fourth-order valence-corrected chi connectivity index (χ4v) is 4.68. The molecule has 3 aromatic carbocycles. The lowest BCUT2D eigenvalue weighted by Crippen LogP contribution is -2.07. The van der Waals surface area contributed by atoms with Gasteiger partial charge in [0, 0.05) is 11.1 Å². The molecular weight excluding hydrogens is 451 g/mol. The van der Waals surface area contributed by atoms with Gasteiger partial charge in [-0.3, -0.25) is 4.79 Å². The van der Waals surface area contributed by atoms with Crippen LogP contribution in [-0.2, 0) is 16.0 Å². The number of halogens is 1. The van der Waals surface area contributed by atoms with Gasteiger partial charge in [-0.1, -0.05) is 12.1 Å². The molecule has 180 valence electrons. The highest BCUT2D eigenvalue weighted by Gasteiger charge is 2.45. The van der Waals surface area contributed by atoms with Gasteiger partial charge < -0.3 is 19.3 Å². The van der Waals surface area contributed by atoms with Gasteiger partial charge in [0.15, 0.2) is 0 Å². The summed E-state index contributed by atoms with van der Waals surface area (Å²) in [5, 5.41) is 9.06. The quantitative estimate of drug-likeness (QED) is 0.399. The molecule has 0 aliphatic heterocycles. The third kappa shape index (κ3) is 4.71. The van der Waals surface area contributed by atoms with E-state index in [0.717, 1.165) is 17.5 Å². The molecule has 1 saturated carbocycles. The van der Waals surface area contributed by atoms with Gasteiger partial charge in [0.2, 0.25) is 0 Å². The number of benzene rings is 3. The SMILES string of the molecule is CCOC(=O)[C@H]1C[C@@H]1c1ccc(O[C@@H]2CCc3c(Oc4ccc(C(=O)O)cc4)ccc(F)c32)cc1. The Labute approximate surface area is 202 Å². The maximum Gasteiger partial charge on any atom is 0.335 e. The first kappa shape index (κ1) is 22.9. The predicted octanol–water partition coefficient (Wildman–Crippen LogP) is 6.05. The van der Waals surface area contributed by atoms with Crippen LogP contribution in [0.25, 0.3) is 0 Å². The zero-order valence-electron chi connectivity index (χ0n) is 19.2. The molecule has 0 unspecified atom stereocenters. The number of rotatable bonds is 8. The Morgan fingerprint density at radius 2 is 1.71 bits per heavy atom. The van der Waals surface area contributed by atoms with Crippen molar-refractivity contribution in [3.8, 4) is 17.2 Å². The summed E-state index contributed by atoms with van der Waals surface area (Å²) in [5.74, 6) is 0.246. The van der Waals surface area contributed by atoms with Crippen LogP contribution in [0.5, 0.6) is 17.2 Å². The van der Waals surface area contributed by atoms with Crippen molar-refractivity contribution in [3.63, 3.8) is 0 Å². The molecule has 0 spiro atoms. The molecular formula is C28H25FO6. The highest BCUT2D eigenvalue weighted by atomic mass is 19.1. The molecule has 3 aromatic rings. The summed E-state index contributed by atoms with van der Waals surface area (Å²) in [6.45, 7) is 2.19. The fraction of sp³-hybridized carbons (Fsp3) is 0.286. The van der Waals surface area contributed by atoms with Gasteiger partial charge in [-0.05, 0) is 86.2 Å². The van der Waals surface area contributed by atoms with Crippen molar-refractivity contribution in [2.45, 2.75) is 38.2 Å². The molecule has 0 heterocycles. The van der Waals surface area contributed by atoms with Crippen molar-refractivity contribution in [2.24, 2.45) is 5.92 Å². The molecule has 2 aliphatic carbocycles. The van der Waals surface area contributed by atoms with Gasteiger partial charge in [0.05, 0.1) is 18.1 Å². The molecule has 0 bridgehead atoms. The van der Waals surface area contributed by atoms with E-state index in [1.165, 1.54) is 18.2 Å². The number of carbonyl (C=O) groups excluding carboxylic acids is 1. The van der Waals surface area contributed by atoms with E-state index in [0.29, 0.717) is 42.3 Å². The third-order valence-corrected chi connectivity index (χ3v) is 6.53. The Bertz CT molecular complexity index is 1250. The largest absolute Gasteiger partial charge is 0.486 e. The summed E-state index contributed by atoms with van der Waals surface area (Å²) in [6.07, 6.45) is 1.56. The Hall–Kier alpha value is -3.87. The standard InChI is InChI=1S/C28H25FO6/c1-2-33-28(32)22-15-21(22)16-3-7-19(8-4-16)35-25-13-11-20-24(14-12-23(29)26(20)25)34-18-9-5-17(6-10-18)27(30)31/h3-10,12,14,21-22,25H,2,11,13,15H2,1H3,(H,30,31)/t21-,22+,25-/m1/s1. The van der Waals surface area contributed by atoms with Crippen LogP contribution in [-0.4, -0.2) is 23.7 Å². The van der Waals surface area contributed by atoms with Crippen LogP contribution in [0, 0.1) is 11.7 Å². The molecule has 2 aliphatic rings. The number of fused-ring (bicyclic) bond motifs is 1. The summed E-state index contributed by atoms with van der Waals surface area (Å²) in [5.41, 5.74) is 2.47. The lowest BCUT2D eigenvalue weighted by Gasteiger charge is -2.17. The number of esters is 1. The number of carboxylic acids is 1. The lowest BCUT2D eigenvalue weighted by atomic mass is 10.1. The fourth-order valence-electron chi connectivity index (χ4n) is 4.68. The average Bonchev–Trinajstić information content (AvgIpc) is 3.55. The first-order valence-electron chi connectivity index (χ1n) is 11.7. The maximum absolute atomic E-state index is 14.8. The van der Waals surface area contributed by atoms with E-state index in [1.807, 2.05) is 24.3 Å². The average molecular weight is 477 g/mol. The van der Waals surface area contributed by atoms with Crippen molar-refractivity contribution >= 4 is 11.9 Å². The monoisotopic (exact) mass is 476 g/mol. The number of hydrogen-bond donors (Lipinski definition) is 1. The Morgan fingerprint density at radius 3 is 2.40 bits per heavy atom. The van der Waals surface area contributed by atoms with E-state index in [1.54, 1.807) is 25.1 Å². The van der Waals surface area contributed by atoms with E-state index >= 15 is 0 Å². The summed E-state index contributed by atoms with van der Waals surface area (Å²) in [6, 6.07) is 16.7. The Morgan fingerprint density at radius 1 is 1.00 bits per heavy atom. The molecule has 0 aromatic heterocycles. The van der Waals surface area contributed by atoms with E-state index in [-0.39, 0.29) is 29.2 Å². The van der Waals surface area contributed by atoms with Crippen LogP contribution < -0.4 is 9.47 Å². The van der Waals surface area contributed by atoms with Crippen molar-refractivity contribution in [1.29, 1.82) is 0 Å². The summed E-state index contributed by atoms with van der Waals surface area (Å²) >= 11 is 0. The van der Waals surface area contributed by atoms with Gasteiger partial charge in [0.1, 0.15) is 29.2 Å². The smallest absolute Gasteiger partial charge is 0.335 e. The lowest BCUT2D eigenvalue weighted by molar-refractivity contribution is -0.144. The molecule has 7 heteroatoms. The van der Waals surface area contributed by atoms with Crippen molar-refractivity contribution in [1.82, 2.24) is 0 Å². The van der Waals surface area contributed by atoms with Crippen molar-refractivity contribution in [2.75, 3.05) is 6.61 Å². The first-order chi connectivity index (χ1) is 16.9. The molecule has 1 fully saturated rings. The minimum atomic E-state index is -1.01. The van der Waals surface area contributed by atoms with Gasteiger partial charge in [-0.25, -0.2) is 9.18 Å². The molecule has 0 amide bonds. The van der Waals surface area contributed by atoms with E-state index in [9.17, 15) is 14.0 Å². The van der Waals surface area contributed by atoms with Gasteiger partial charge in [-0.15, -0.1) is 0 Å². The number of aromatic carboxylic acids is 1. The second kappa shape index (κ2) is 9.41. The Kier molecular flexibility index (Phi) is 6.16. The van der Waals surface area contributed by atoms with Crippen LogP contribution >= 0.6 is 0 Å². The molecule has 35 heavy (non-hydrogen) atoms. The molecule has 0 saturated heterocycles. The molecule has 3 atom stereocenters. The highest BCUT2D eigenvalue weighted by Crippen LogP contribution is 2.49. The molecule has 0 radical (unpaired) electrons. The summed E-state index contributed by atoms with van der Waals surface area (Å²) in [4.78, 5) is 23.0. The third-order valence-electron chi connectivity index (χ3n) is 6.53. The van der Waals surface area contributed by atoms with E-state index in [2.05, 4.69) is 0 Å². The van der Waals surface area contributed by atoms with Crippen LogP contribution in [0.4, 0.5) is 4.39 Å². The van der Waals surface area contributed by atoms with Crippen molar-refractivity contribution < 1.29 is 33.3 Å². The number of hydrogen-bond acceptors (Lipinski definition) is 5. The minimum absolute atomic E-state index is 0.0729. The van der Waals surface area contributed by atoms with Crippen molar-refractivity contribution in [3.05, 3.63) is 88.7 Å². The Balaban J connectivity index is 1.28. The zero-order valence-corrected chi connectivity index (χ0v) is 19.2. The van der Waals surface area contributed by atoms with Gasteiger partial charge >= 0.3 is 11.9 Å². The van der Waals surface area contributed by atoms with E-state index in [4.69, 9.17) is 19.3 Å².